The average Bonchev–Trinajstić information content (AvgIpc) is 2.26. The van der Waals surface area contributed by atoms with Crippen molar-refractivity contribution in [1.82, 2.24) is 5.32 Å². The van der Waals surface area contributed by atoms with Crippen LogP contribution in [0.5, 0.6) is 0 Å². The van der Waals surface area contributed by atoms with Crippen LogP contribution in [-0.2, 0) is 0 Å². The van der Waals surface area contributed by atoms with Gasteiger partial charge in [-0.05, 0) is 54.2 Å². The zero-order valence-electron chi connectivity index (χ0n) is 9.72. The van der Waals surface area contributed by atoms with Gasteiger partial charge in [0.25, 0.3) is 5.91 Å². The molecule has 0 saturated heterocycles. The Morgan fingerprint density at radius 1 is 1.53 bits per heavy atom. The number of aryl methyl sites for hydroxylation is 1. The Morgan fingerprint density at radius 3 is 2.76 bits per heavy atom. The summed E-state index contributed by atoms with van der Waals surface area (Å²) in [6, 6.07) is 5.76. The lowest BCUT2D eigenvalue weighted by Gasteiger charge is -2.41. The van der Waals surface area contributed by atoms with Crippen LogP contribution in [0.2, 0.25) is 0 Å². The van der Waals surface area contributed by atoms with E-state index in [0.29, 0.717) is 11.4 Å². The zero-order valence-corrected chi connectivity index (χ0v) is 12.1. The second-order valence-corrected chi connectivity index (χ2v) is 5.83. The fourth-order valence-electron chi connectivity index (χ4n) is 2.02. The lowest BCUT2D eigenvalue weighted by molar-refractivity contribution is 0.0853. The number of hydrogen-bond acceptors (Lipinski definition) is 1. The first kappa shape index (κ1) is 12.9. The third-order valence-electron chi connectivity index (χ3n) is 3.31. The minimum atomic E-state index is -0.179. The second-order valence-electron chi connectivity index (χ2n) is 4.70. The lowest BCUT2D eigenvalue weighted by atomic mass is 9.78. The Labute approximate surface area is 115 Å². The summed E-state index contributed by atoms with van der Waals surface area (Å²) in [6.07, 6.45) is 3.10. The van der Waals surface area contributed by atoms with Gasteiger partial charge in [0, 0.05) is 10.4 Å². The molecule has 1 amide bonds. The van der Waals surface area contributed by atoms with Gasteiger partial charge in [-0.25, -0.2) is 0 Å². The van der Waals surface area contributed by atoms with E-state index in [-0.39, 0.29) is 11.4 Å². The fourth-order valence-corrected chi connectivity index (χ4v) is 2.78. The summed E-state index contributed by atoms with van der Waals surface area (Å²) in [5.41, 5.74) is 1.58. The normalized spacial score (nSPS) is 17.4. The largest absolute Gasteiger partial charge is 0.345 e. The Kier molecular flexibility index (Phi) is 3.79. The van der Waals surface area contributed by atoms with Crippen molar-refractivity contribution in [3.8, 4) is 0 Å². The quantitative estimate of drug-likeness (QED) is 0.847. The van der Waals surface area contributed by atoms with E-state index < -0.39 is 0 Å². The highest BCUT2D eigenvalue weighted by Crippen LogP contribution is 2.33. The van der Waals surface area contributed by atoms with Crippen LogP contribution in [-0.4, -0.2) is 17.3 Å². The third-order valence-corrected chi connectivity index (χ3v) is 4.51. The van der Waals surface area contributed by atoms with Crippen molar-refractivity contribution in [1.29, 1.82) is 0 Å². The molecule has 1 aliphatic carbocycles. The van der Waals surface area contributed by atoms with Gasteiger partial charge in [0.1, 0.15) is 0 Å². The predicted molar refractivity (Wildman–Crippen MR) is 73.6 cm³/mol. The number of amides is 1. The maximum Gasteiger partial charge on any atom is 0.252 e. The number of halogens is 2. The van der Waals surface area contributed by atoms with E-state index >= 15 is 0 Å². The number of benzene rings is 1. The molecule has 0 bridgehead atoms. The lowest BCUT2D eigenvalue weighted by Crippen LogP contribution is -2.55. The molecule has 1 fully saturated rings. The van der Waals surface area contributed by atoms with Crippen LogP contribution in [0, 0.1) is 6.92 Å². The Balaban J connectivity index is 2.17. The molecule has 0 unspecified atom stereocenters. The third kappa shape index (κ3) is 2.66. The molecular weight excluding hydrogens is 302 g/mol. The van der Waals surface area contributed by atoms with Crippen LogP contribution in [0.3, 0.4) is 0 Å². The Hall–Kier alpha value is -0.540. The van der Waals surface area contributed by atoms with E-state index in [1.807, 2.05) is 25.1 Å². The number of nitrogens with one attached hydrogen (secondary N) is 1. The summed E-state index contributed by atoms with van der Waals surface area (Å²) < 4.78 is 0.824. The molecular formula is C13H15BrClNO. The smallest absolute Gasteiger partial charge is 0.252 e. The summed E-state index contributed by atoms with van der Waals surface area (Å²) >= 11 is 9.34. The first-order valence-electron chi connectivity index (χ1n) is 5.71. The van der Waals surface area contributed by atoms with Gasteiger partial charge in [0.15, 0.2) is 0 Å². The molecule has 0 radical (unpaired) electrons. The molecule has 92 valence electrons. The van der Waals surface area contributed by atoms with Crippen LogP contribution >= 0.6 is 27.5 Å². The summed E-state index contributed by atoms with van der Waals surface area (Å²) in [6.45, 7) is 1.98. The summed E-state index contributed by atoms with van der Waals surface area (Å²) in [7, 11) is 0. The van der Waals surface area contributed by atoms with Gasteiger partial charge in [-0.15, -0.1) is 11.6 Å². The molecule has 1 saturated carbocycles. The first-order chi connectivity index (χ1) is 8.06. The van der Waals surface area contributed by atoms with Gasteiger partial charge in [-0.2, -0.15) is 0 Å². The first-order valence-corrected chi connectivity index (χ1v) is 7.04. The molecule has 0 aromatic heterocycles. The van der Waals surface area contributed by atoms with E-state index in [1.54, 1.807) is 0 Å². The number of hydrogen-bond donors (Lipinski definition) is 1. The van der Waals surface area contributed by atoms with E-state index in [1.165, 1.54) is 0 Å². The Bertz CT molecular complexity index is 438. The van der Waals surface area contributed by atoms with Crippen molar-refractivity contribution in [2.45, 2.75) is 31.7 Å². The molecule has 0 atom stereocenters. The number of carbonyl (C=O) groups is 1. The molecule has 1 N–H and O–H groups in total. The van der Waals surface area contributed by atoms with Crippen molar-refractivity contribution < 1.29 is 4.79 Å². The van der Waals surface area contributed by atoms with Crippen molar-refractivity contribution in [2.75, 3.05) is 5.88 Å². The molecule has 1 aromatic rings. The van der Waals surface area contributed by atoms with Gasteiger partial charge >= 0.3 is 0 Å². The van der Waals surface area contributed by atoms with Crippen molar-refractivity contribution in [3.05, 3.63) is 33.8 Å². The molecule has 0 aliphatic heterocycles. The molecule has 0 heterocycles. The molecule has 1 aliphatic rings. The number of alkyl halides is 1. The average molecular weight is 317 g/mol. The molecule has 4 heteroatoms. The van der Waals surface area contributed by atoms with E-state index in [9.17, 15) is 4.79 Å². The molecule has 2 rings (SSSR count). The van der Waals surface area contributed by atoms with Crippen LogP contribution in [0.1, 0.15) is 35.2 Å². The highest BCUT2D eigenvalue weighted by atomic mass is 79.9. The van der Waals surface area contributed by atoms with Gasteiger partial charge in [-0.3, -0.25) is 4.79 Å². The van der Waals surface area contributed by atoms with Gasteiger partial charge < -0.3 is 5.32 Å². The highest BCUT2D eigenvalue weighted by Gasteiger charge is 2.37. The van der Waals surface area contributed by atoms with E-state index in [4.69, 9.17) is 11.6 Å². The summed E-state index contributed by atoms with van der Waals surface area (Å²) in [5.74, 6) is 0.447. The summed E-state index contributed by atoms with van der Waals surface area (Å²) in [5, 5.41) is 3.06. The molecule has 17 heavy (non-hydrogen) atoms. The second kappa shape index (κ2) is 4.99. The standard InChI is InChI=1S/C13H15BrClNO/c1-9-3-4-11(14)10(7-9)12(17)16-13(8-15)5-2-6-13/h3-4,7H,2,5-6,8H2,1H3,(H,16,17). The highest BCUT2D eigenvalue weighted by molar-refractivity contribution is 9.10. The topological polar surface area (TPSA) is 29.1 Å². The van der Waals surface area contributed by atoms with E-state index in [0.717, 1.165) is 29.3 Å². The minimum absolute atomic E-state index is 0.0408. The van der Waals surface area contributed by atoms with Crippen molar-refractivity contribution >= 4 is 33.4 Å². The molecule has 1 aromatic carbocycles. The Morgan fingerprint density at radius 2 is 2.24 bits per heavy atom. The monoisotopic (exact) mass is 315 g/mol. The van der Waals surface area contributed by atoms with Crippen LogP contribution in [0.25, 0.3) is 0 Å². The van der Waals surface area contributed by atoms with Gasteiger partial charge in [0.05, 0.1) is 11.1 Å². The summed E-state index contributed by atoms with van der Waals surface area (Å²) in [4.78, 5) is 12.2. The van der Waals surface area contributed by atoms with Crippen molar-refractivity contribution in [3.63, 3.8) is 0 Å². The van der Waals surface area contributed by atoms with Gasteiger partial charge in [-0.1, -0.05) is 11.6 Å². The number of carbonyl (C=O) groups excluding carboxylic acids is 1. The minimum Gasteiger partial charge on any atom is -0.345 e. The maximum absolute atomic E-state index is 12.2. The predicted octanol–water partition coefficient (Wildman–Crippen LogP) is 3.65. The number of rotatable bonds is 3. The van der Waals surface area contributed by atoms with Crippen LogP contribution < -0.4 is 5.32 Å². The van der Waals surface area contributed by atoms with Crippen LogP contribution in [0.15, 0.2) is 22.7 Å². The maximum atomic E-state index is 12.2. The fraction of sp³-hybridized carbons (Fsp3) is 0.462. The van der Waals surface area contributed by atoms with Crippen molar-refractivity contribution in [2.24, 2.45) is 0 Å². The van der Waals surface area contributed by atoms with Gasteiger partial charge in [0.2, 0.25) is 0 Å². The zero-order chi connectivity index (χ0) is 12.5. The van der Waals surface area contributed by atoms with Crippen LogP contribution in [0.4, 0.5) is 0 Å². The molecule has 2 nitrogen and oxygen atoms in total. The van der Waals surface area contributed by atoms with E-state index in [2.05, 4.69) is 21.2 Å². The SMILES string of the molecule is Cc1ccc(Br)c(C(=O)NC2(CCl)CCC2)c1. The molecule has 0 spiro atoms.